The van der Waals surface area contributed by atoms with E-state index in [-0.39, 0.29) is 5.91 Å². The van der Waals surface area contributed by atoms with Gasteiger partial charge in [0, 0.05) is 11.1 Å². The van der Waals surface area contributed by atoms with Gasteiger partial charge in [-0.05, 0) is 31.2 Å². The molecular weight excluding hydrogens is 292 g/mol. The first kappa shape index (κ1) is 15.1. The average molecular weight is 307 g/mol. The van der Waals surface area contributed by atoms with Gasteiger partial charge in [0.05, 0.1) is 19.0 Å². The Bertz CT molecular complexity index is 617. The van der Waals surface area contributed by atoms with Gasteiger partial charge in [-0.3, -0.25) is 4.79 Å². The fourth-order valence-electron chi connectivity index (χ4n) is 1.62. The first-order chi connectivity index (χ1) is 10.1. The normalized spacial score (nSPS) is 11.6. The molecular formula is C15H15ClN2O3. The van der Waals surface area contributed by atoms with Crippen molar-refractivity contribution < 1.29 is 14.3 Å². The quantitative estimate of drug-likeness (QED) is 0.922. The Morgan fingerprint density at radius 2 is 2.14 bits per heavy atom. The standard InChI is InChI=1S/C15H15ClN2O3/c1-10(21-13-5-3-4-11(16)8-13)15(19)18-12-6-7-14(20-2)17-9-12/h3-10H,1-2H3,(H,18,19). The average Bonchev–Trinajstić information content (AvgIpc) is 2.48. The Balaban J connectivity index is 1.95. The summed E-state index contributed by atoms with van der Waals surface area (Å²) in [4.78, 5) is 16.0. The lowest BCUT2D eigenvalue weighted by Gasteiger charge is -2.14. The molecule has 21 heavy (non-hydrogen) atoms. The van der Waals surface area contributed by atoms with E-state index in [4.69, 9.17) is 21.1 Å². The number of nitrogens with zero attached hydrogens (tertiary/aromatic N) is 1. The lowest BCUT2D eigenvalue weighted by molar-refractivity contribution is -0.122. The van der Waals surface area contributed by atoms with Crippen molar-refractivity contribution >= 4 is 23.2 Å². The van der Waals surface area contributed by atoms with Crippen molar-refractivity contribution in [2.75, 3.05) is 12.4 Å². The zero-order valence-corrected chi connectivity index (χ0v) is 12.4. The molecule has 110 valence electrons. The summed E-state index contributed by atoms with van der Waals surface area (Å²) in [7, 11) is 1.53. The van der Waals surface area contributed by atoms with Gasteiger partial charge in [-0.2, -0.15) is 0 Å². The number of carbonyl (C=O) groups excluding carboxylic acids is 1. The Labute approximate surface area is 127 Å². The fourth-order valence-corrected chi connectivity index (χ4v) is 1.80. The number of halogens is 1. The SMILES string of the molecule is COc1ccc(NC(=O)C(C)Oc2cccc(Cl)c2)cn1. The van der Waals surface area contributed by atoms with E-state index >= 15 is 0 Å². The Hall–Kier alpha value is -2.27. The number of hydrogen-bond donors (Lipinski definition) is 1. The van der Waals surface area contributed by atoms with E-state index in [9.17, 15) is 4.79 Å². The Kier molecular flexibility index (Phi) is 5.00. The second kappa shape index (κ2) is 6.95. The highest BCUT2D eigenvalue weighted by Crippen LogP contribution is 2.19. The molecule has 1 aromatic carbocycles. The van der Waals surface area contributed by atoms with Crippen LogP contribution in [-0.4, -0.2) is 24.1 Å². The minimum absolute atomic E-state index is 0.276. The predicted molar refractivity (Wildman–Crippen MR) is 81.0 cm³/mol. The third-order valence-corrected chi connectivity index (χ3v) is 2.93. The Morgan fingerprint density at radius 1 is 1.33 bits per heavy atom. The van der Waals surface area contributed by atoms with Crippen molar-refractivity contribution in [2.24, 2.45) is 0 Å². The van der Waals surface area contributed by atoms with Crippen LogP contribution in [-0.2, 0) is 4.79 Å². The second-order valence-electron chi connectivity index (χ2n) is 4.30. The highest BCUT2D eigenvalue weighted by Gasteiger charge is 2.15. The number of ether oxygens (including phenoxy) is 2. The number of anilines is 1. The summed E-state index contributed by atoms with van der Waals surface area (Å²) in [6.45, 7) is 1.66. The summed E-state index contributed by atoms with van der Waals surface area (Å²) in [5, 5.41) is 3.27. The minimum atomic E-state index is -0.662. The highest BCUT2D eigenvalue weighted by molar-refractivity contribution is 6.30. The largest absolute Gasteiger partial charge is 0.481 e. The van der Waals surface area contributed by atoms with Crippen molar-refractivity contribution in [2.45, 2.75) is 13.0 Å². The van der Waals surface area contributed by atoms with Gasteiger partial charge >= 0.3 is 0 Å². The molecule has 0 radical (unpaired) electrons. The van der Waals surface area contributed by atoms with Crippen molar-refractivity contribution in [3.8, 4) is 11.6 Å². The monoisotopic (exact) mass is 306 g/mol. The summed E-state index contributed by atoms with van der Waals surface area (Å²) >= 11 is 5.87. The van der Waals surface area contributed by atoms with Gasteiger partial charge in [-0.15, -0.1) is 0 Å². The molecule has 0 spiro atoms. The number of methoxy groups -OCH3 is 1. The molecule has 0 aliphatic rings. The number of amides is 1. The maximum absolute atomic E-state index is 12.0. The highest BCUT2D eigenvalue weighted by atomic mass is 35.5. The summed E-state index contributed by atoms with van der Waals surface area (Å²) in [6.07, 6.45) is 0.855. The first-order valence-corrected chi connectivity index (χ1v) is 6.69. The number of rotatable bonds is 5. The smallest absolute Gasteiger partial charge is 0.265 e. The zero-order chi connectivity index (χ0) is 15.2. The third-order valence-electron chi connectivity index (χ3n) is 2.69. The van der Waals surface area contributed by atoms with E-state index in [1.807, 2.05) is 0 Å². The van der Waals surface area contributed by atoms with Gasteiger partial charge in [0.1, 0.15) is 5.75 Å². The van der Waals surface area contributed by atoms with Crippen molar-refractivity contribution in [3.05, 3.63) is 47.6 Å². The molecule has 0 fully saturated rings. The van der Waals surface area contributed by atoms with Gasteiger partial charge < -0.3 is 14.8 Å². The van der Waals surface area contributed by atoms with Crippen LogP contribution in [0.3, 0.4) is 0 Å². The van der Waals surface area contributed by atoms with Gasteiger partial charge in [0.2, 0.25) is 5.88 Å². The van der Waals surface area contributed by atoms with Crippen molar-refractivity contribution in [1.29, 1.82) is 0 Å². The van der Waals surface area contributed by atoms with E-state index in [1.54, 1.807) is 43.3 Å². The Morgan fingerprint density at radius 3 is 2.76 bits per heavy atom. The molecule has 0 saturated carbocycles. The summed E-state index contributed by atoms with van der Waals surface area (Å²) in [5.41, 5.74) is 0.572. The van der Waals surface area contributed by atoms with Crippen LogP contribution in [0.15, 0.2) is 42.6 Å². The molecule has 0 aliphatic carbocycles. The molecule has 1 aromatic heterocycles. The molecule has 6 heteroatoms. The molecule has 2 aromatic rings. The van der Waals surface area contributed by atoms with E-state index in [1.165, 1.54) is 13.3 Å². The van der Waals surface area contributed by atoms with Crippen LogP contribution in [0.25, 0.3) is 0 Å². The molecule has 1 heterocycles. The van der Waals surface area contributed by atoms with Crippen LogP contribution >= 0.6 is 11.6 Å². The number of pyridine rings is 1. The van der Waals surface area contributed by atoms with Crippen LogP contribution in [0.2, 0.25) is 5.02 Å². The van der Waals surface area contributed by atoms with Gasteiger partial charge in [-0.25, -0.2) is 4.98 Å². The van der Waals surface area contributed by atoms with Crippen LogP contribution < -0.4 is 14.8 Å². The maximum atomic E-state index is 12.0. The summed E-state index contributed by atoms with van der Waals surface area (Å²) in [6, 6.07) is 10.3. The molecule has 0 aliphatic heterocycles. The van der Waals surface area contributed by atoms with Crippen molar-refractivity contribution in [1.82, 2.24) is 4.98 Å². The number of carbonyl (C=O) groups is 1. The lowest BCUT2D eigenvalue weighted by Crippen LogP contribution is -2.30. The molecule has 0 saturated heterocycles. The third kappa shape index (κ3) is 4.36. The number of nitrogens with one attached hydrogen (secondary N) is 1. The van der Waals surface area contributed by atoms with Crippen LogP contribution in [0, 0.1) is 0 Å². The molecule has 0 bridgehead atoms. The number of aromatic nitrogens is 1. The number of hydrogen-bond acceptors (Lipinski definition) is 4. The second-order valence-corrected chi connectivity index (χ2v) is 4.73. The van der Waals surface area contributed by atoms with Crippen LogP contribution in [0.4, 0.5) is 5.69 Å². The molecule has 5 nitrogen and oxygen atoms in total. The first-order valence-electron chi connectivity index (χ1n) is 6.31. The summed E-state index contributed by atoms with van der Waals surface area (Å²) < 4.78 is 10.5. The maximum Gasteiger partial charge on any atom is 0.265 e. The van der Waals surface area contributed by atoms with Gasteiger partial charge in [0.15, 0.2) is 6.10 Å². The lowest BCUT2D eigenvalue weighted by atomic mass is 10.3. The van der Waals surface area contributed by atoms with Gasteiger partial charge in [0.25, 0.3) is 5.91 Å². The minimum Gasteiger partial charge on any atom is -0.481 e. The molecule has 1 N–H and O–H groups in total. The van der Waals surface area contributed by atoms with E-state index < -0.39 is 6.10 Å². The molecule has 1 unspecified atom stereocenters. The van der Waals surface area contributed by atoms with Crippen LogP contribution in [0.1, 0.15) is 6.92 Å². The van der Waals surface area contributed by atoms with Gasteiger partial charge in [-0.1, -0.05) is 17.7 Å². The topological polar surface area (TPSA) is 60.5 Å². The fraction of sp³-hybridized carbons (Fsp3) is 0.200. The zero-order valence-electron chi connectivity index (χ0n) is 11.7. The number of benzene rings is 1. The predicted octanol–water partition coefficient (Wildman–Crippen LogP) is 3.15. The summed E-state index contributed by atoms with van der Waals surface area (Å²) in [5.74, 6) is 0.746. The molecule has 1 amide bonds. The molecule has 2 rings (SSSR count). The molecule has 1 atom stereocenters. The van der Waals surface area contributed by atoms with E-state index in [2.05, 4.69) is 10.3 Å². The van der Waals surface area contributed by atoms with E-state index in [0.29, 0.717) is 22.3 Å². The van der Waals surface area contributed by atoms with Crippen molar-refractivity contribution in [3.63, 3.8) is 0 Å². The van der Waals surface area contributed by atoms with E-state index in [0.717, 1.165) is 0 Å². The van der Waals surface area contributed by atoms with Crippen LogP contribution in [0.5, 0.6) is 11.6 Å².